The van der Waals surface area contributed by atoms with E-state index >= 15 is 0 Å². The number of piperazine rings is 1. The second kappa shape index (κ2) is 8.92. The maximum Gasteiger partial charge on any atom is 0.292 e. The molecule has 3 aromatic heterocycles. The highest BCUT2D eigenvalue weighted by molar-refractivity contribution is 5.82. The number of benzene rings is 1. The Hall–Kier alpha value is -3.30. The van der Waals surface area contributed by atoms with E-state index in [-0.39, 0.29) is 6.01 Å². The van der Waals surface area contributed by atoms with Crippen molar-refractivity contribution in [2.45, 2.75) is 19.9 Å². The minimum atomic E-state index is 0.165. The predicted octanol–water partition coefficient (Wildman–Crippen LogP) is 2.88. The van der Waals surface area contributed by atoms with Crippen molar-refractivity contribution in [3.8, 4) is 11.3 Å². The molecule has 0 bridgehead atoms. The van der Waals surface area contributed by atoms with Gasteiger partial charge in [0, 0.05) is 50.9 Å². The van der Waals surface area contributed by atoms with Crippen LogP contribution in [0.3, 0.4) is 0 Å². The third-order valence-electron chi connectivity index (χ3n) is 6.33. The molecule has 6 rings (SSSR count). The van der Waals surface area contributed by atoms with Crippen LogP contribution in [0.2, 0.25) is 0 Å². The van der Waals surface area contributed by atoms with Crippen molar-refractivity contribution in [1.82, 2.24) is 29.7 Å². The Kier molecular flexibility index (Phi) is 5.82. The maximum atomic E-state index is 5.66. The summed E-state index contributed by atoms with van der Waals surface area (Å²) in [6.07, 6.45) is 1.86. The lowest BCUT2D eigenvalue weighted by molar-refractivity contribution is 0.0961. The Morgan fingerprint density at radius 3 is 2.52 bits per heavy atom. The molecule has 2 fully saturated rings. The highest BCUT2D eigenvalue weighted by Gasteiger charge is 2.34. The van der Waals surface area contributed by atoms with Crippen LogP contribution in [-0.4, -0.2) is 82.1 Å². The number of likely N-dealkylation sites (N-methyl/N-ethyl adjacent to an activating group) is 1. The van der Waals surface area contributed by atoms with Gasteiger partial charge in [0.15, 0.2) is 11.2 Å². The molecule has 0 saturated carbocycles. The van der Waals surface area contributed by atoms with Crippen molar-refractivity contribution >= 4 is 34.1 Å². The third kappa shape index (κ3) is 4.21. The van der Waals surface area contributed by atoms with Gasteiger partial charge < -0.3 is 20.0 Å². The predicted molar refractivity (Wildman–Crippen MR) is 131 cm³/mol. The van der Waals surface area contributed by atoms with Gasteiger partial charge in [0.1, 0.15) is 16.9 Å². The van der Waals surface area contributed by atoms with Gasteiger partial charge in [0.05, 0.1) is 11.9 Å². The van der Waals surface area contributed by atoms with Gasteiger partial charge in [0.25, 0.3) is 6.01 Å². The summed E-state index contributed by atoms with van der Waals surface area (Å²) in [6, 6.07) is 10.4. The van der Waals surface area contributed by atoms with E-state index in [1.807, 2.05) is 50.4 Å². The minimum Gasteiger partial charge on any atom is -0.424 e. The topological polar surface area (TPSA) is 100 Å². The van der Waals surface area contributed by atoms with E-state index in [1.54, 1.807) is 0 Å². The first kappa shape index (κ1) is 21.5. The molecule has 4 aromatic rings. The monoisotopic (exact) mass is 446 g/mol. The van der Waals surface area contributed by atoms with Gasteiger partial charge in [0.2, 0.25) is 0 Å². The number of fused-ring (bicyclic) bond motifs is 2. The Bertz CT molecular complexity index is 1260. The second-order valence-corrected chi connectivity index (χ2v) is 8.40. The fraction of sp³-hybridized carbons (Fsp3) is 0.417. The van der Waals surface area contributed by atoms with Gasteiger partial charge in [-0.1, -0.05) is 13.8 Å². The maximum absolute atomic E-state index is 5.66. The van der Waals surface area contributed by atoms with Crippen molar-refractivity contribution in [1.29, 1.82) is 0 Å². The van der Waals surface area contributed by atoms with Crippen LogP contribution in [0, 0.1) is 0 Å². The van der Waals surface area contributed by atoms with Gasteiger partial charge in [-0.15, -0.1) is 0 Å². The van der Waals surface area contributed by atoms with Gasteiger partial charge >= 0.3 is 0 Å². The van der Waals surface area contributed by atoms with Crippen LogP contribution in [0.25, 0.3) is 33.5 Å². The molecule has 2 saturated heterocycles. The fourth-order valence-electron chi connectivity index (χ4n) is 4.37. The van der Waals surface area contributed by atoms with E-state index in [0.29, 0.717) is 22.8 Å². The lowest BCUT2D eigenvalue weighted by atomic mass is 10.1. The van der Waals surface area contributed by atoms with Crippen molar-refractivity contribution < 1.29 is 4.42 Å². The smallest absolute Gasteiger partial charge is 0.292 e. The second-order valence-electron chi connectivity index (χ2n) is 8.40. The van der Waals surface area contributed by atoms with Crippen molar-refractivity contribution in [3.05, 3.63) is 36.5 Å². The van der Waals surface area contributed by atoms with Gasteiger partial charge in [-0.05, 0) is 37.4 Å². The highest BCUT2D eigenvalue weighted by atomic mass is 16.4. The zero-order chi connectivity index (χ0) is 22.9. The molecule has 9 heteroatoms. The number of anilines is 2. The minimum absolute atomic E-state index is 0.165. The standard InChI is InChI=1S/C22H24N8O.C2H6/c1-28-6-8-29(9-7-28)15-12-30(13-15)20-11-24-17-4-3-16(25-21(17)27-20)14-2-5-19-18(10-14)26-22(23)31-19;1-2/h2-5,10-11,15H,6-9,12-13H2,1H3,(H2,23,26);1-2H3. The summed E-state index contributed by atoms with van der Waals surface area (Å²) in [4.78, 5) is 25.6. The molecule has 0 radical (unpaired) electrons. The molecule has 172 valence electrons. The Morgan fingerprint density at radius 2 is 1.73 bits per heavy atom. The zero-order valence-corrected chi connectivity index (χ0v) is 19.4. The molecule has 2 aliphatic heterocycles. The number of nitrogen functional groups attached to an aromatic ring is 1. The summed E-state index contributed by atoms with van der Waals surface area (Å²) in [5, 5.41) is 0. The molecule has 0 unspecified atom stereocenters. The number of oxazole rings is 1. The molecule has 2 N–H and O–H groups in total. The highest BCUT2D eigenvalue weighted by Crippen LogP contribution is 2.27. The van der Waals surface area contributed by atoms with E-state index in [1.165, 1.54) is 0 Å². The van der Waals surface area contributed by atoms with Crippen molar-refractivity contribution in [2.24, 2.45) is 0 Å². The molecule has 0 atom stereocenters. The number of rotatable bonds is 3. The number of pyridine rings is 1. The number of hydrogen-bond acceptors (Lipinski definition) is 9. The summed E-state index contributed by atoms with van der Waals surface area (Å²) >= 11 is 0. The van der Waals surface area contributed by atoms with Crippen LogP contribution in [0.4, 0.5) is 11.8 Å². The number of aromatic nitrogens is 4. The molecular formula is C24H30N8O. The van der Waals surface area contributed by atoms with Gasteiger partial charge in [-0.2, -0.15) is 4.98 Å². The van der Waals surface area contributed by atoms with Gasteiger partial charge in [-0.3, -0.25) is 4.90 Å². The molecule has 5 heterocycles. The third-order valence-corrected chi connectivity index (χ3v) is 6.33. The number of nitrogens with zero attached hydrogens (tertiary/aromatic N) is 7. The number of nitrogens with two attached hydrogens (primary N) is 1. The van der Waals surface area contributed by atoms with E-state index < -0.39 is 0 Å². The van der Waals surface area contributed by atoms with Crippen molar-refractivity contribution in [3.63, 3.8) is 0 Å². The first-order chi connectivity index (χ1) is 16.1. The zero-order valence-electron chi connectivity index (χ0n) is 19.4. The average molecular weight is 447 g/mol. The summed E-state index contributed by atoms with van der Waals surface area (Å²) in [7, 11) is 2.19. The summed E-state index contributed by atoms with van der Waals surface area (Å²) in [6.45, 7) is 10.6. The molecule has 33 heavy (non-hydrogen) atoms. The van der Waals surface area contributed by atoms with Crippen LogP contribution in [0.1, 0.15) is 13.8 Å². The lowest BCUT2D eigenvalue weighted by Crippen LogP contribution is -2.63. The molecule has 0 aliphatic carbocycles. The lowest BCUT2D eigenvalue weighted by Gasteiger charge is -2.48. The van der Waals surface area contributed by atoms with E-state index in [4.69, 9.17) is 20.1 Å². The van der Waals surface area contributed by atoms with Crippen LogP contribution >= 0.6 is 0 Å². The van der Waals surface area contributed by atoms with Crippen molar-refractivity contribution in [2.75, 3.05) is 56.9 Å². The summed E-state index contributed by atoms with van der Waals surface area (Å²) < 4.78 is 5.36. The molecular weight excluding hydrogens is 416 g/mol. The molecule has 1 aromatic carbocycles. The molecule has 9 nitrogen and oxygen atoms in total. The summed E-state index contributed by atoms with van der Waals surface area (Å²) in [5.74, 6) is 0.891. The van der Waals surface area contributed by atoms with Gasteiger partial charge in [-0.25, -0.2) is 15.0 Å². The first-order valence-corrected chi connectivity index (χ1v) is 11.6. The normalized spacial score (nSPS) is 17.7. The SMILES string of the molecule is CC.CN1CCN(C2CN(c3cnc4ccc(-c5ccc6oc(N)nc6c5)nc4n3)C2)CC1. The number of hydrogen-bond donors (Lipinski definition) is 1. The Labute approximate surface area is 193 Å². The van der Waals surface area contributed by atoms with Crippen LogP contribution < -0.4 is 10.6 Å². The van der Waals surface area contributed by atoms with Crippen LogP contribution in [-0.2, 0) is 0 Å². The average Bonchev–Trinajstić information content (AvgIpc) is 3.19. The van der Waals surface area contributed by atoms with Crippen LogP contribution in [0.15, 0.2) is 40.9 Å². The quantitative estimate of drug-likeness (QED) is 0.509. The molecule has 0 spiro atoms. The first-order valence-electron chi connectivity index (χ1n) is 11.6. The van der Waals surface area contributed by atoms with E-state index in [0.717, 1.165) is 61.9 Å². The molecule has 2 aliphatic rings. The van der Waals surface area contributed by atoms with E-state index in [9.17, 15) is 0 Å². The molecule has 0 amide bonds. The fourth-order valence-corrected chi connectivity index (χ4v) is 4.37. The Morgan fingerprint density at radius 1 is 0.939 bits per heavy atom. The largest absolute Gasteiger partial charge is 0.424 e. The summed E-state index contributed by atoms with van der Waals surface area (Å²) in [5.41, 5.74) is 10.2. The van der Waals surface area contributed by atoms with Crippen LogP contribution in [0.5, 0.6) is 0 Å². The van der Waals surface area contributed by atoms with E-state index in [2.05, 4.69) is 31.7 Å². The Balaban J connectivity index is 0.00000111.